The maximum Gasteiger partial charge on any atom is 0.249 e. The van der Waals surface area contributed by atoms with Gasteiger partial charge < -0.3 is 25.7 Å². The van der Waals surface area contributed by atoms with Gasteiger partial charge in [0.1, 0.15) is 12.2 Å². The van der Waals surface area contributed by atoms with Crippen LogP contribution in [0.15, 0.2) is 36.5 Å². The molecule has 0 aliphatic carbocycles. The minimum absolute atomic E-state index is 0.362. The van der Waals surface area contributed by atoms with E-state index in [0.29, 0.717) is 19.3 Å². The number of carbonyl (C=O) groups is 1. The van der Waals surface area contributed by atoms with E-state index in [1.165, 1.54) is 199 Å². The van der Waals surface area contributed by atoms with Gasteiger partial charge in [-0.1, -0.05) is 256 Å². The predicted molar refractivity (Wildman–Crippen MR) is 270 cm³/mol. The lowest BCUT2D eigenvalue weighted by atomic mass is 10.00. The number of amides is 1. The van der Waals surface area contributed by atoms with Crippen LogP contribution < -0.4 is 5.32 Å². The second-order valence-corrected chi connectivity index (χ2v) is 18.9. The van der Waals surface area contributed by atoms with Crippen LogP contribution >= 0.6 is 0 Å². The zero-order valence-electron chi connectivity index (χ0n) is 41.4. The van der Waals surface area contributed by atoms with E-state index < -0.39 is 36.9 Å². The number of aliphatic hydroxyl groups excluding tert-OH is 4. The molecule has 0 saturated heterocycles. The Morgan fingerprint density at radius 2 is 0.677 bits per heavy atom. The minimum Gasteiger partial charge on any atom is -0.394 e. The summed E-state index contributed by atoms with van der Waals surface area (Å²) >= 11 is 0. The first-order valence-electron chi connectivity index (χ1n) is 27.4. The molecule has 0 aromatic heterocycles. The van der Waals surface area contributed by atoms with Crippen molar-refractivity contribution in [3.8, 4) is 0 Å². The molecule has 0 radical (unpaired) electrons. The zero-order chi connectivity index (χ0) is 45.2. The Morgan fingerprint density at radius 3 is 1.02 bits per heavy atom. The second-order valence-electron chi connectivity index (χ2n) is 18.9. The van der Waals surface area contributed by atoms with Crippen LogP contribution in [-0.4, -0.2) is 57.3 Å². The van der Waals surface area contributed by atoms with Gasteiger partial charge >= 0.3 is 0 Å². The summed E-state index contributed by atoms with van der Waals surface area (Å²) in [6.45, 7) is 4.04. The van der Waals surface area contributed by atoms with Crippen molar-refractivity contribution in [3.05, 3.63) is 36.5 Å². The van der Waals surface area contributed by atoms with E-state index in [-0.39, 0.29) is 0 Å². The molecule has 0 heterocycles. The minimum atomic E-state index is -1.29. The molecule has 1 amide bonds. The first-order valence-corrected chi connectivity index (χ1v) is 27.4. The lowest BCUT2D eigenvalue weighted by Crippen LogP contribution is -2.53. The highest BCUT2D eigenvalue weighted by Crippen LogP contribution is 2.17. The summed E-state index contributed by atoms with van der Waals surface area (Å²) in [7, 11) is 0. The van der Waals surface area contributed by atoms with E-state index in [2.05, 4.69) is 55.6 Å². The molecule has 0 saturated carbocycles. The summed E-state index contributed by atoms with van der Waals surface area (Å²) in [5.74, 6) is -0.596. The third kappa shape index (κ3) is 43.8. The van der Waals surface area contributed by atoms with E-state index in [4.69, 9.17) is 0 Å². The van der Waals surface area contributed by atoms with Crippen LogP contribution in [0.25, 0.3) is 0 Å². The van der Waals surface area contributed by atoms with Crippen molar-refractivity contribution in [1.29, 1.82) is 0 Å². The van der Waals surface area contributed by atoms with Gasteiger partial charge in [-0.25, -0.2) is 0 Å². The first-order chi connectivity index (χ1) is 30.5. The summed E-state index contributed by atoms with van der Waals surface area (Å²) < 4.78 is 0. The summed E-state index contributed by atoms with van der Waals surface area (Å²) in [6, 6.07) is -1.01. The summed E-state index contributed by atoms with van der Waals surface area (Å²) in [5, 5.41) is 43.8. The molecule has 0 bridgehead atoms. The second kappa shape index (κ2) is 50.5. The summed E-state index contributed by atoms with van der Waals surface area (Å²) in [6.07, 6.45) is 62.1. The van der Waals surface area contributed by atoms with Crippen LogP contribution in [0.3, 0.4) is 0 Å². The Hall–Kier alpha value is -1.47. The molecule has 5 N–H and O–H groups in total. The number of unbranched alkanes of at least 4 members (excludes halogenated alkanes) is 35. The Bertz CT molecular complexity index is 981. The molecule has 4 atom stereocenters. The Morgan fingerprint density at radius 1 is 0.387 bits per heavy atom. The van der Waals surface area contributed by atoms with E-state index in [0.717, 1.165) is 51.4 Å². The Labute approximate surface area is 386 Å². The van der Waals surface area contributed by atoms with Gasteiger partial charge in [-0.2, -0.15) is 0 Å². The number of hydrogen-bond donors (Lipinski definition) is 5. The first kappa shape index (κ1) is 60.5. The Kier molecular flexibility index (Phi) is 49.3. The highest BCUT2D eigenvalue weighted by Gasteiger charge is 2.28. The van der Waals surface area contributed by atoms with Crippen molar-refractivity contribution in [2.45, 2.75) is 308 Å². The highest BCUT2D eigenvalue weighted by molar-refractivity contribution is 5.80. The quantitative estimate of drug-likeness (QED) is 0.0309. The van der Waals surface area contributed by atoms with Gasteiger partial charge in [0.15, 0.2) is 0 Å². The fourth-order valence-electron chi connectivity index (χ4n) is 8.50. The predicted octanol–water partition coefficient (Wildman–Crippen LogP) is 15.6. The summed E-state index contributed by atoms with van der Waals surface area (Å²) in [4.78, 5) is 12.6. The summed E-state index contributed by atoms with van der Waals surface area (Å²) in [5.41, 5.74) is 0. The molecular weight excluding hydrogens is 767 g/mol. The fraction of sp³-hybridized carbons (Fsp3) is 0.875. The SMILES string of the molecule is CCCCCC/C=C/CC/C=C/CC/C=C/CCCC(O)C(O)C(CO)NC(=O)C(O)CCCCCCCCCCCCCCCCCCCCCCCCCCCCCCC. The molecule has 0 aliphatic heterocycles. The van der Waals surface area contributed by atoms with Gasteiger partial charge in [0, 0.05) is 0 Å². The van der Waals surface area contributed by atoms with Crippen LogP contribution in [0.5, 0.6) is 0 Å². The fourth-order valence-corrected chi connectivity index (χ4v) is 8.50. The number of rotatable bonds is 50. The number of aliphatic hydroxyl groups is 4. The molecule has 6 heteroatoms. The van der Waals surface area contributed by atoms with Gasteiger partial charge in [-0.3, -0.25) is 4.79 Å². The molecule has 0 aliphatic rings. The monoisotopic (exact) mass is 874 g/mol. The average Bonchev–Trinajstić information content (AvgIpc) is 3.28. The number of nitrogens with one attached hydrogen (secondary N) is 1. The molecule has 0 fully saturated rings. The lowest BCUT2D eigenvalue weighted by molar-refractivity contribution is -0.132. The van der Waals surface area contributed by atoms with Crippen LogP contribution in [0, 0.1) is 0 Å². The third-order valence-corrected chi connectivity index (χ3v) is 12.8. The van der Waals surface area contributed by atoms with Crippen molar-refractivity contribution in [2.24, 2.45) is 0 Å². The van der Waals surface area contributed by atoms with Crippen LogP contribution in [0.2, 0.25) is 0 Å². The van der Waals surface area contributed by atoms with Gasteiger partial charge in [-0.15, -0.1) is 0 Å². The topological polar surface area (TPSA) is 110 Å². The molecule has 6 nitrogen and oxygen atoms in total. The molecule has 0 aromatic carbocycles. The van der Waals surface area contributed by atoms with Crippen molar-refractivity contribution < 1.29 is 25.2 Å². The number of carbonyl (C=O) groups excluding carboxylic acids is 1. The largest absolute Gasteiger partial charge is 0.394 e. The smallest absolute Gasteiger partial charge is 0.249 e. The molecule has 62 heavy (non-hydrogen) atoms. The van der Waals surface area contributed by atoms with Crippen molar-refractivity contribution in [1.82, 2.24) is 5.32 Å². The number of allylic oxidation sites excluding steroid dienone is 6. The lowest BCUT2D eigenvalue weighted by Gasteiger charge is -2.27. The van der Waals surface area contributed by atoms with E-state index in [1.807, 2.05) is 0 Å². The van der Waals surface area contributed by atoms with Gasteiger partial charge in [0.2, 0.25) is 5.91 Å². The molecule has 366 valence electrons. The molecule has 4 unspecified atom stereocenters. The van der Waals surface area contributed by atoms with Crippen molar-refractivity contribution >= 4 is 5.91 Å². The zero-order valence-corrected chi connectivity index (χ0v) is 41.4. The van der Waals surface area contributed by atoms with Crippen molar-refractivity contribution in [2.75, 3.05) is 6.61 Å². The van der Waals surface area contributed by atoms with Gasteiger partial charge in [-0.05, 0) is 64.2 Å². The number of hydrogen-bond acceptors (Lipinski definition) is 5. The van der Waals surface area contributed by atoms with E-state index in [9.17, 15) is 25.2 Å². The maximum absolute atomic E-state index is 12.6. The highest BCUT2D eigenvalue weighted by atomic mass is 16.3. The van der Waals surface area contributed by atoms with E-state index >= 15 is 0 Å². The average molecular weight is 874 g/mol. The van der Waals surface area contributed by atoms with Crippen LogP contribution in [0.4, 0.5) is 0 Å². The van der Waals surface area contributed by atoms with Crippen molar-refractivity contribution in [3.63, 3.8) is 0 Å². The normalized spacial score (nSPS) is 14.1. The third-order valence-electron chi connectivity index (χ3n) is 12.8. The molecule has 0 aromatic rings. The molecule has 0 spiro atoms. The standard InChI is InChI=1S/C56H107NO5/c1-3-5-7-9-11-13-15-17-19-21-22-23-24-25-26-27-28-29-30-31-32-34-36-38-40-42-44-46-48-50-54(60)56(62)57-52(51-58)55(61)53(59)49-47-45-43-41-39-37-35-33-20-18-16-14-12-10-8-6-4-2/h14,16,33,35,41,43,52-55,58-61H,3-13,15,17-32,34,36-40,42,44-51H2,1-2H3,(H,57,62)/b16-14+,35-33+,43-41+. The maximum atomic E-state index is 12.6. The Balaban J connectivity index is 3.63. The van der Waals surface area contributed by atoms with Gasteiger partial charge in [0.25, 0.3) is 0 Å². The van der Waals surface area contributed by atoms with E-state index in [1.54, 1.807) is 0 Å². The van der Waals surface area contributed by atoms with Gasteiger partial charge in [0.05, 0.1) is 18.8 Å². The molecular formula is C56H107NO5. The van der Waals surface area contributed by atoms with Crippen LogP contribution in [0.1, 0.15) is 284 Å². The molecule has 0 rings (SSSR count). The van der Waals surface area contributed by atoms with Crippen LogP contribution in [-0.2, 0) is 4.79 Å².